The molecule has 0 unspecified atom stereocenters. The van der Waals surface area contributed by atoms with Crippen LogP contribution in [-0.4, -0.2) is 30.4 Å². The minimum Gasteiger partial charge on any atom is -0.352 e. The van der Waals surface area contributed by atoms with E-state index in [0.717, 1.165) is 12.8 Å². The predicted molar refractivity (Wildman–Crippen MR) is 61.6 cm³/mol. The lowest BCUT2D eigenvalue weighted by atomic mass is 9.93. The Morgan fingerprint density at radius 3 is 2.44 bits per heavy atom. The van der Waals surface area contributed by atoms with Gasteiger partial charge in [-0.25, -0.2) is 0 Å². The molecule has 5 nitrogen and oxygen atoms in total. The molecule has 4 N–H and O–H groups in total. The van der Waals surface area contributed by atoms with E-state index in [9.17, 15) is 9.59 Å². The van der Waals surface area contributed by atoms with Crippen molar-refractivity contribution in [2.75, 3.05) is 6.54 Å². The minimum absolute atomic E-state index is 0.0236. The van der Waals surface area contributed by atoms with Crippen molar-refractivity contribution in [3.05, 3.63) is 0 Å². The molecule has 0 bridgehead atoms. The van der Waals surface area contributed by atoms with Crippen LogP contribution in [0.15, 0.2) is 0 Å². The van der Waals surface area contributed by atoms with E-state index in [1.165, 1.54) is 6.42 Å². The molecule has 0 aromatic carbocycles. The Balaban J connectivity index is 2.17. The number of carbonyl (C=O) groups is 2. The van der Waals surface area contributed by atoms with Gasteiger partial charge in [-0.1, -0.05) is 13.8 Å². The number of rotatable bonds is 5. The molecule has 1 atom stereocenters. The van der Waals surface area contributed by atoms with Crippen LogP contribution >= 0.6 is 0 Å². The third-order valence-corrected chi connectivity index (χ3v) is 2.91. The molecule has 92 valence electrons. The maximum Gasteiger partial charge on any atom is 0.239 e. The van der Waals surface area contributed by atoms with E-state index < -0.39 is 6.04 Å². The molecule has 0 saturated heterocycles. The summed E-state index contributed by atoms with van der Waals surface area (Å²) in [5, 5.41) is 5.39. The molecule has 5 heteroatoms. The van der Waals surface area contributed by atoms with Crippen molar-refractivity contribution in [2.24, 2.45) is 11.7 Å². The SMILES string of the molecule is CC(C)[C@H](N)C(=O)NCC(=O)NC1CCC1. The van der Waals surface area contributed by atoms with Gasteiger partial charge in [-0.15, -0.1) is 0 Å². The van der Waals surface area contributed by atoms with Crippen molar-refractivity contribution < 1.29 is 9.59 Å². The van der Waals surface area contributed by atoms with Crippen molar-refractivity contribution in [3.63, 3.8) is 0 Å². The van der Waals surface area contributed by atoms with Gasteiger partial charge in [-0.05, 0) is 25.2 Å². The van der Waals surface area contributed by atoms with Crippen LogP contribution in [0.3, 0.4) is 0 Å². The molecule has 0 aromatic heterocycles. The summed E-state index contributed by atoms with van der Waals surface area (Å²) < 4.78 is 0. The molecule has 1 fully saturated rings. The van der Waals surface area contributed by atoms with Crippen LogP contribution in [0, 0.1) is 5.92 Å². The van der Waals surface area contributed by atoms with E-state index in [-0.39, 0.29) is 24.3 Å². The van der Waals surface area contributed by atoms with E-state index >= 15 is 0 Å². The second-order valence-electron chi connectivity index (χ2n) is 4.68. The van der Waals surface area contributed by atoms with Gasteiger partial charge in [0.25, 0.3) is 0 Å². The summed E-state index contributed by atoms with van der Waals surface area (Å²) in [7, 11) is 0. The van der Waals surface area contributed by atoms with Gasteiger partial charge in [-0.3, -0.25) is 9.59 Å². The molecule has 16 heavy (non-hydrogen) atoms. The highest BCUT2D eigenvalue weighted by molar-refractivity contribution is 5.87. The first-order chi connectivity index (χ1) is 7.50. The first kappa shape index (κ1) is 13.0. The lowest BCUT2D eigenvalue weighted by Crippen LogP contribution is -2.49. The smallest absolute Gasteiger partial charge is 0.239 e. The zero-order valence-electron chi connectivity index (χ0n) is 9.95. The normalized spacial score (nSPS) is 17.8. The number of carbonyl (C=O) groups excluding carboxylic acids is 2. The largest absolute Gasteiger partial charge is 0.352 e. The topological polar surface area (TPSA) is 84.2 Å². The highest BCUT2D eigenvalue weighted by atomic mass is 16.2. The molecule has 1 aliphatic rings. The first-order valence-electron chi connectivity index (χ1n) is 5.83. The van der Waals surface area contributed by atoms with Crippen LogP contribution in [0.4, 0.5) is 0 Å². The lowest BCUT2D eigenvalue weighted by molar-refractivity contribution is -0.127. The molecule has 2 amide bonds. The van der Waals surface area contributed by atoms with Crippen molar-refractivity contribution in [1.82, 2.24) is 10.6 Å². The van der Waals surface area contributed by atoms with E-state index in [1.54, 1.807) is 0 Å². The summed E-state index contributed by atoms with van der Waals surface area (Å²) in [5.74, 6) is -0.317. The molecule has 1 saturated carbocycles. The molecule has 1 rings (SSSR count). The summed E-state index contributed by atoms with van der Waals surface area (Å²) in [4.78, 5) is 22.8. The van der Waals surface area contributed by atoms with E-state index in [0.29, 0.717) is 6.04 Å². The van der Waals surface area contributed by atoms with Gasteiger partial charge in [-0.2, -0.15) is 0 Å². The maximum atomic E-state index is 11.4. The Bertz CT molecular complexity index is 262. The fourth-order valence-electron chi connectivity index (χ4n) is 1.42. The van der Waals surface area contributed by atoms with Crippen LogP contribution in [0.5, 0.6) is 0 Å². The van der Waals surface area contributed by atoms with Crippen molar-refractivity contribution in [1.29, 1.82) is 0 Å². The van der Waals surface area contributed by atoms with E-state index in [2.05, 4.69) is 10.6 Å². The minimum atomic E-state index is -0.545. The predicted octanol–water partition coefficient (Wildman–Crippen LogP) is -0.245. The number of hydrogen-bond acceptors (Lipinski definition) is 3. The Morgan fingerprint density at radius 1 is 1.38 bits per heavy atom. The van der Waals surface area contributed by atoms with Gasteiger partial charge >= 0.3 is 0 Å². The van der Waals surface area contributed by atoms with E-state index in [4.69, 9.17) is 5.73 Å². The maximum absolute atomic E-state index is 11.4. The average molecular weight is 227 g/mol. The van der Waals surface area contributed by atoms with Gasteiger partial charge < -0.3 is 16.4 Å². The number of nitrogens with one attached hydrogen (secondary N) is 2. The average Bonchev–Trinajstić information content (AvgIpc) is 2.18. The molecule has 0 aromatic rings. The summed E-state index contributed by atoms with van der Waals surface area (Å²) in [6, 6.07) is -0.236. The van der Waals surface area contributed by atoms with Gasteiger partial charge in [0.15, 0.2) is 0 Å². The number of hydrogen-bond donors (Lipinski definition) is 3. The third-order valence-electron chi connectivity index (χ3n) is 2.91. The van der Waals surface area contributed by atoms with Crippen LogP contribution < -0.4 is 16.4 Å². The monoisotopic (exact) mass is 227 g/mol. The fourth-order valence-corrected chi connectivity index (χ4v) is 1.42. The molecule has 0 spiro atoms. The Morgan fingerprint density at radius 2 is 2.00 bits per heavy atom. The second-order valence-corrected chi connectivity index (χ2v) is 4.68. The summed E-state index contributed by atoms with van der Waals surface area (Å²) in [6.07, 6.45) is 3.27. The van der Waals surface area contributed by atoms with Crippen molar-refractivity contribution in [3.8, 4) is 0 Å². The molecule has 0 radical (unpaired) electrons. The van der Waals surface area contributed by atoms with Crippen LogP contribution in [0.2, 0.25) is 0 Å². The Hall–Kier alpha value is -1.10. The number of nitrogens with two attached hydrogens (primary N) is 1. The van der Waals surface area contributed by atoms with Crippen LogP contribution in [-0.2, 0) is 9.59 Å². The van der Waals surface area contributed by atoms with E-state index in [1.807, 2.05) is 13.8 Å². The first-order valence-corrected chi connectivity index (χ1v) is 5.83. The lowest BCUT2D eigenvalue weighted by Gasteiger charge is -2.26. The fraction of sp³-hybridized carbons (Fsp3) is 0.818. The highest BCUT2D eigenvalue weighted by Crippen LogP contribution is 2.17. The zero-order valence-corrected chi connectivity index (χ0v) is 9.95. The van der Waals surface area contributed by atoms with Gasteiger partial charge in [0, 0.05) is 6.04 Å². The molecular formula is C11H21N3O2. The van der Waals surface area contributed by atoms with Crippen LogP contribution in [0.25, 0.3) is 0 Å². The van der Waals surface area contributed by atoms with Crippen LogP contribution in [0.1, 0.15) is 33.1 Å². The van der Waals surface area contributed by atoms with Gasteiger partial charge in [0.05, 0.1) is 12.6 Å². The molecular weight excluding hydrogens is 206 g/mol. The Labute approximate surface area is 96.1 Å². The summed E-state index contributed by atoms with van der Waals surface area (Å²) in [5.41, 5.74) is 5.64. The highest BCUT2D eigenvalue weighted by Gasteiger charge is 2.21. The van der Waals surface area contributed by atoms with Crippen molar-refractivity contribution in [2.45, 2.75) is 45.2 Å². The summed E-state index contributed by atoms with van der Waals surface area (Å²) in [6.45, 7) is 3.77. The molecule has 1 aliphatic carbocycles. The second kappa shape index (κ2) is 5.84. The Kier molecular flexibility index (Phi) is 4.73. The zero-order chi connectivity index (χ0) is 12.1. The standard InChI is InChI=1S/C11H21N3O2/c1-7(2)10(12)11(16)13-6-9(15)14-8-4-3-5-8/h7-8,10H,3-6,12H2,1-2H3,(H,13,16)(H,14,15)/t10-/m0/s1. The third kappa shape index (κ3) is 3.81. The van der Waals surface area contributed by atoms with Gasteiger partial charge in [0.1, 0.15) is 0 Å². The molecule has 0 aliphatic heterocycles. The summed E-state index contributed by atoms with van der Waals surface area (Å²) >= 11 is 0. The van der Waals surface area contributed by atoms with Crippen molar-refractivity contribution >= 4 is 11.8 Å². The molecule has 0 heterocycles. The number of amides is 2. The quantitative estimate of drug-likeness (QED) is 0.606. The van der Waals surface area contributed by atoms with Gasteiger partial charge in [0.2, 0.25) is 11.8 Å².